The van der Waals surface area contributed by atoms with Gasteiger partial charge in [-0.25, -0.2) is 9.97 Å². The topological polar surface area (TPSA) is 53.5 Å². The number of unbranched alkanes of at least 4 members (excludes halogenated alkanes) is 11. The normalized spacial score (nSPS) is 11.2. The molecule has 1 aromatic carbocycles. The molecule has 1 aromatic heterocycles. The van der Waals surface area contributed by atoms with E-state index in [9.17, 15) is 0 Å². The number of ether oxygens (including phenoxy) is 3. The van der Waals surface area contributed by atoms with Crippen LogP contribution in [0.2, 0.25) is 0 Å². The fourth-order valence-electron chi connectivity index (χ4n) is 4.19. The number of benzene rings is 1. The molecule has 0 aliphatic rings. The van der Waals surface area contributed by atoms with Crippen LogP contribution in [0.25, 0.3) is 11.4 Å². The summed E-state index contributed by atoms with van der Waals surface area (Å²) >= 11 is 0. The summed E-state index contributed by atoms with van der Waals surface area (Å²) in [6.07, 6.45) is 21.5. The monoisotopic (exact) mass is 498 g/mol. The number of nitrogens with zero attached hydrogens (tertiary/aromatic N) is 2. The van der Waals surface area contributed by atoms with E-state index in [4.69, 9.17) is 14.2 Å². The van der Waals surface area contributed by atoms with E-state index in [1.54, 1.807) is 0 Å². The maximum absolute atomic E-state index is 5.91. The lowest BCUT2D eigenvalue weighted by Crippen LogP contribution is -2.04. The SMILES string of the molecule is CCCCCCCCCCOc1ccc(-c2ncc(CCCCCCCOCCOCC)cn2)cc1. The van der Waals surface area contributed by atoms with Gasteiger partial charge < -0.3 is 14.2 Å². The van der Waals surface area contributed by atoms with Crippen LogP contribution < -0.4 is 4.74 Å². The van der Waals surface area contributed by atoms with Gasteiger partial charge in [0.1, 0.15) is 5.75 Å². The van der Waals surface area contributed by atoms with E-state index in [-0.39, 0.29) is 0 Å². The molecule has 0 saturated heterocycles. The first-order valence-electron chi connectivity index (χ1n) is 14.5. The molecule has 0 fully saturated rings. The van der Waals surface area contributed by atoms with Crippen LogP contribution in [-0.2, 0) is 15.9 Å². The summed E-state index contributed by atoms with van der Waals surface area (Å²) < 4.78 is 16.7. The Morgan fingerprint density at radius 1 is 0.583 bits per heavy atom. The number of aromatic nitrogens is 2. The predicted octanol–water partition coefficient (Wildman–Crippen LogP) is 8.21. The molecule has 0 saturated carbocycles. The maximum Gasteiger partial charge on any atom is 0.159 e. The minimum Gasteiger partial charge on any atom is -0.494 e. The van der Waals surface area contributed by atoms with Crippen molar-refractivity contribution in [2.45, 2.75) is 104 Å². The van der Waals surface area contributed by atoms with Crippen molar-refractivity contribution in [2.24, 2.45) is 0 Å². The van der Waals surface area contributed by atoms with Gasteiger partial charge in [0.15, 0.2) is 5.82 Å². The van der Waals surface area contributed by atoms with E-state index in [0.717, 1.165) is 56.2 Å². The third-order valence-electron chi connectivity index (χ3n) is 6.41. The first-order chi connectivity index (χ1) is 17.8. The van der Waals surface area contributed by atoms with Gasteiger partial charge in [0.2, 0.25) is 0 Å². The zero-order valence-corrected chi connectivity index (χ0v) is 23.0. The molecule has 5 nitrogen and oxygen atoms in total. The first kappa shape index (κ1) is 30.2. The zero-order valence-electron chi connectivity index (χ0n) is 23.0. The number of aryl methyl sites for hydroxylation is 1. The summed E-state index contributed by atoms with van der Waals surface area (Å²) in [6, 6.07) is 8.17. The van der Waals surface area contributed by atoms with Gasteiger partial charge in [-0.3, -0.25) is 0 Å². The highest BCUT2D eigenvalue weighted by Crippen LogP contribution is 2.20. The molecule has 0 aliphatic carbocycles. The molecule has 0 N–H and O–H groups in total. The zero-order chi connectivity index (χ0) is 25.5. The van der Waals surface area contributed by atoms with Gasteiger partial charge in [-0.2, -0.15) is 0 Å². The highest BCUT2D eigenvalue weighted by atomic mass is 16.5. The third-order valence-corrected chi connectivity index (χ3v) is 6.41. The summed E-state index contributed by atoms with van der Waals surface area (Å²) in [6.45, 7) is 8.09. The van der Waals surface area contributed by atoms with Crippen LogP contribution >= 0.6 is 0 Å². The summed E-state index contributed by atoms with van der Waals surface area (Å²) in [4.78, 5) is 9.18. The maximum atomic E-state index is 5.91. The van der Waals surface area contributed by atoms with Crippen molar-refractivity contribution in [3.63, 3.8) is 0 Å². The van der Waals surface area contributed by atoms with Crippen LogP contribution in [0.3, 0.4) is 0 Å². The summed E-state index contributed by atoms with van der Waals surface area (Å²) in [5.74, 6) is 1.70. The van der Waals surface area contributed by atoms with Gasteiger partial charge in [-0.05, 0) is 62.4 Å². The van der Waals surface area contributed by atoms with Crippen molar-refractivity contribution in [3.8, 4) is 17.1 Å². The van der Waals surface area contributed by atoms with Crippen LogP contribution in [0.4, 0.5) is 0 Å². The predicted molar refractivity (Wildman–Crippen MR) is 150 cm³/mol. The van der Waals surface area contributed by atoms with Crippen LogP contribution in [0, 0.1) is 0 Å². The molecule has 202 valence electrons. The molecule has 0 spiro atoms. The van der Waals surface area contributed by atoms with Gasteiger partial charge >= 0.3 is 0 Å². The number of rotatable bonds is 23. The molecular formula is C31H50N2O3. The Bertz CT molecular complexity index is 749. The van der Waals surface area contributed by atoms with Gasteiger partial charge in [0.05, 0.1) is 19.8 Å². The molecular weight excluding hydrogens is 448 g/mol. The second-order valence-corrected chi connectivity index (χ2v) is 9.59. The van der Waals surface area contributed by atoms with Crippen LogP contribution in [0.1, 0.15) is 103 Å². The Hall–Kier alpha value is -1.98. The fourth-order valence-corrected chi connectivity index (χ4v) is 4.19. The van der Waals surface area contributed by atoms with Crippen LogP contribution in [-0.4, -0.2) is 43.0 Å². The highest BCUT2D eigenvalue weighted by molar-refractivity contribution is 5.55. The lowest BCUT2D eigenvalue weighted by atomic mass is 10.1. The molecule has 1 heterocycles. The van der Waals surface area contributed by atoms with Crippen molar-refractivity contribution >= 4 is 0 Å². The van der Waals surface area contributed by atoms with Crippen molar-refractivity contribution in [1.29, 1.82) is 0 Å². The number of hydrogen-bond acceptors (Lipinski definition) is 5. The molecule has 36 heavy (non-hydrogen) atoms. The van der Waals surface area contributed by atoms with Gasteiger partial charge in [0.25, 0.3) is 0 Å². The van der Waals surface area contributed by atoms with E-state index in [1.165, 1.54) is 76.2 Å². The minimum atomic E-state index is 0.705. The van der Waals surface area contributed by atoms with E-state index < -0.39 is 0 Å². The van der Waals surface area contributed by atoms with Crippen molar-refractivity contribution in [3.05, 3.63) is 42.2 Å². The Labute approximate surface area is 220 Å². The second kappa shape index (κ2) is 21.1. The fraction of sp³-hybridized carbons (Fsp3) is 0.677. The highest BCUT2D eigenvalue weighted by Gasteiger charge is 2.03. The Kier molecular flexibility index (Phi) is 17.8. The van der Waals surface area contributed by atoms with Crippen LogP contribution in [0.15, 0.2) is 36.7 Å². The molecule has 5 heteroatoms. The third kappa shape index (κ3) is 14.5. The van der Waals surface area contributed by atoms with Gasteiger partial charge in [-0.1, -0.05) is 71.1 Å². The quantitative estimate of drug-likeness (QED) is 0.144. The standard InChI is InChI=1S/C31H50N2O3/c1-3-5-6-7-8-9-13-16-23-36-30-20-18-29(19-21-30)31-32-26-28(27-33-31)17-14-11-10-12-15-22-35-25-24-34-4-2/h18-21,26-27H,3-17,22-25H2,1-2H3. The molecule has 0 bridgehead atoms. The smallest absolute Gasteiger partial charge is 0.159 e. The van der Waals surface area contributed by atoms with Gasteiger partial charge in [-0.15, -0.1) is 0 Å². The Balaban J connectivity index is 1.53. The van der Waals surface area contributed by atoms with Crippen molar-refractivity contribution in [1.82, 2.24) is 9.97 Å². The van der Waals surface area contributed by atoms with Crippen molar-refractivity contribution < 1.29 is 14.2 Å². The molecule has 0 aliphatic heterocycles. The molecule has 2 aromatic rings. The molecule has 0 amide bonds. The lowest BCUT2D eigenvalue weighted by molar-refractivity contribution is 0.0512. The molecule has 2 rings (SSSR count). The van der Waals surface area contributed by atoms with Gasteiger partial charge in [0, 0.05) is 31.2 Å². The molecule has 0 radical (unpaired) electrons. The second-order valence-electron chi connectivity index (χ2n) is 9.59. The summed E-state index contributed by atoms with van der Waals surface area (Å²) in [7, 11) is 0. The van der Waals surface area contributed by atoms with E-state index in [0.29, 0.717) is 13.2 Å². The first-order valence-corrected chi connectivity index (χ1v) is 14.5. The average Bonchev–Trinajstić information content (AvgIpc) is 2.91. The molecule has 0 unspecified atom stereocenters. The largest absolute Gasteiger partial charge is 0.494 e. The summed E-state index contributed by atoms with van der Waals surface area (Å²) in [5, 5.41) is 0. The Morgan fingerprint density at radius 3 is 1.83 bits per heavy atom. The van der Waals surface area contributed by atoms with E-state index >= 15 is 0 Å². The van der Waals surface area contributed by atoms with E-state index in [2.05, 4.69) is 29.0 Å². The molecule has 0 atom stereocenters. The lowest BCUT2D eigenvalue weighted by Gasteiger charge is -2.08. The van der Waals surface area contributed by atoms with E-state index in [1.807, 2.05) is 31.5 Å². The number of hydrogen-bond donors (Lipinski definition) is 0. The average molecular weight is 499 g/mol. The summed E-state index contributed by atoms with van der Waals surface area (Å²) in [5.41, 5.74) is 2.24. The van der Waals surface area contributed by atoms with Crippen LogP contribution in [0.5, 0.6) is 5.75 Å². The minimum absolute atomic E-state index is 0.705. The van der Waals surface area contributed by atoms with Crippen molar-refractivity contribution in [2.75, 3.05) is 33.0 Å². The Morgan fingerprint density at radius 2 is 1.17 bits per heavy atom.